The first-order valence-corrected chi connectivity index (χ1v) is 15.9. The van der Waals surface area contributed by atoms with E-state index in [1.165, 1.54) is 6.42 Å². The van der Waals surface area contributed by atoms with Crippen LogP contribution in [0.4, 0.5) is 16.6 Å². The zero-order valence-corrected chi connectivity index (χ0v) is 25.2. The van der Waals surface area contributed by atoms with Crippen LogP contribution in [0, 0.1) is 41.4 Å². The van der Waals surface area contributed by atoms with Crippen molar-refractivity contribution in [3.05, 3.63) is 5.82 Å². The maximum Gasteiger partial charge on any atom is 0.410 e. The molecule has 0 aromatic carbocycles. The summed E-state index contributed by atoms with van der Waals surface area (Å²) in [5.41, 5.74) is 1.21. The number of anilines is 2. The number of piperazine rings is 1. The molecule has 43 heavy (non-hydrogen) atoms. The lowest BCUT2D eigenvalue weighted by molar-refractivity contribution is -0.133. The second kappa shape index (κ2) is 12.0. The fraction of sp³-hybridized carbons (Fsp3) is 0.677. The van der Waals surface area contributed by atoms with Gasteiger partial charge in [0.2, 0.25) is 11.9 Å². The van der Waals surface area contributed by atoms with E-state index in [4.69, 9.17) is 21.8 Å². The Kier molecular flexibility index (Phi) is 8.16. The Labute approximate surface area is 252 Å². The summed E-state index contributed by atoms with van der Waals surface area (Å²) in [6.07, 6.45) is 14.0. The molecule has 4 fully saturated rings. The highest BCUT2D eigenvalue weighted by molar-refractivity contribution is 6.03. The molecule has 2 atom stereocenters. The first kappa shape index (κ1) is 29.2. The van der Waals surface area contributed by atoms with Gasteiger partial charge in [-0.25, -0.2) is 14.8 Å². The van der Waals surface area contributed by atoms with E-state index in [0.29, 0.717) is 48.9 Å². The zero-order valence-electron chi connectivity index (χ0n) is 25.2. The molecule has 2 aromatic heterocycles. The van der Waals surface area contributed by atoms with E-state index < -0.39 is 11.9 Å². The van der Waals surface area contributed by atoms with Crippen molar-refractivity contribution in [3.8, 4) is 12.3 Å². The van der Waals surface area contributed by atoms with Crippen LogP contribution in [0.15, 0.2) is 0 Å². The molecule has 3 heterocycles. The van der Waals surface area contributed by atoms with Gasteiger partial charge in [0, 0.05) is 50.1 Å². The van der Waals surface area contributed by atoms with E-state index in [0.717, 1.165) is 69.4 Å². The molecule has 0 radical (unpaired) electrons. The highest BCUT2D eigenvalue weighted by Crippen LogP contribution is 2.37. The lowest BCUT2D eigenvalue weighted by Crippen LogP contribution is -2.54. The molecule has 12 heteroatoms. The van der Waals surface area contributed by atoms with Gasteiger partial charge < -0.3 is 24.8 Å². The number of fused-ring (bicyclic) bond motifs is 1. The number of imidazole rings is 1. The molecular weight excluding hydrogens is 546 g/mol. The predicted molar refractivity (Wildman–Crippen MR) is 164 cm³/mol. The van der Waals surface area contributed by atoms with Crippen LogP contribution in [0.2, 0.25) is 0 Å². The standard InChI is InChI=1S/C31H43N9O3/c1-4-20-8-10-21(11-9-20)17-40-24-26(33-19(3)22-6-5-7-22)35-28(25(32)34-31(42)43)36-27(24)37-30(40)39-15-14-38(16-18(39)2)29(41)23-12-13-23/h1,18-23H,5-17H2,2-3H3,(H2,32,34)(H,42,43)(H,33,35,36)/t18-,19-,20?,21?/m1/s1. The topological polar surface area (TPSA) is 152 Å². The van der Waals surface area contributed by atoms with Gasteiger partial charge in [-0.15, -0.1) is 12.3 Å². The third-order valence-corrected chi connectivity index (χ3v) is 9.91. The monoisotopic (exact) mass is 589 g/mol. The number of amidine groups is 1. The highest BCUT2D eigenvalue weighted by atomic mass is 16.4. The first-order chi connectivity index (χ1) is 20.7. The van der Waals surface area contributed by atoms with Crippen molar-refractivity contribution in [2.45, 2.75) is 90.3 Å². The van der Waals surface area contributed by atoms with Crippen molar-refractivity contribution in [2.75, 3.05) is 29.9 Å². The number of carbonyl (C=O) groups excluding carboxylic acids is 1. The summed E-state index contributed by atoms with van der Waals surface area (Å²) in [4.78, 5) is 42.9. The molecule has 2 amide bonds. The van der Waals surface area contributed by atoms with Crippen LogP contribution in [0.1, 0.15) is 77.5 Å². The summed E-state index contributed by atoms with van der Waals surface area (Å²) in [6, 6.07) is 0.198. The number of amides is 2. The van der Waals surface area contributed by atoms with E-state index in [9.17, 15) is 14.7 Å². The van der Waals surface area contributed by atoms with Gasteiger partial charge in [-0.1, -0.05) is 6.42 Å². The highest BCUT2D eigenvalue weighted by Gasteiger charge is 2.38. The predicted octanol–water partition coefficient (Wildman–Crippen LogP) is 3.91. The third kappa shape index (κ3) is 6.12. The minimum Gasteiger partial charge on any atom is -0.465 e. The molecule has 1 aliphatic heterocycles. The third-order valence-electron chi connectivity index (χ3n) is 9.91. The van der Waals surface area contributed by atoms with Gasteiger partial charge >= 0.3 is 6.09 Å². The Morgan fingerprint density at radius 3 is 2.44 bits per heavy atom. The summed E-state index contributed by atoms with van der Waals surface area (Å²) in [5, 5.41) is 23.3. The SMILES string of the molecule is C#CC1CCC(Cn2c(N3CCN(C(=O)C4CC4)C[C@H]3C)nc3nc(C(=N)NC(=O)O)nc(N[C@H](C)C4CCC4)c32)CC1. The van der Waals surface area contributed by atoms with Crippen molar-refractivity contribution in [1.82, 2.24) is 29.7 Å². The summed E-state index contributed by atoms with van der Waals surface area (Å²) in [7, 11) is 0. The van der Waals surface area contributed by atoms with Crippen molar-refractivity contribution >= 4 is 40.8 Å². The van der Waals surface area contributed by atoms with Gasteiger partial charge in [0.1, 0.15) is 5.52 Å². The van der Waals surface area contributed by atoms with Crippen LogP contribution in [-0.4, -0.2) is 79.1 Å². The molecule has 3 saturated carbocycles. The van der Waals surface area contributed by atoms with Crippen LogP contribution in [-0.2, 0) is 11.3 Å². The van der Waals surface area contributed by atoms with Crippen molar-refractivity contribution < 1.29 is 14.7 Å². The second-order valence-electron chi connectivity index (χ2n) is 13.0. The molecule has 4 N–H and O–H groups in total. The minimum absolute atomic E-state index is 0.0168. The largest absolute Gasteiger partial charge is 0.465 e. The molecule has 3 aliphatic carbocycles. The molecule has 12 nitrogen and oxygen atoms in total. The van der Waals surface area contributed by atoms with Gasteiger partial charge in [0.25, 0.3) is 0 Å². The number of hydrogen-bond acceptors (Lipinski definition) is 8. The average Bonchev–Trinajstić information content (AvgIpc) is 3.74. The van der Waals surface area contributed by atoms with E-state index in [-0.39, 0.29) is 29.7 Å². The maximum atomic E-state index is 12.9. The Bertz CT molecular complexity index is 1430. The van der Waals surface area contributed by atoms with Gasteiger partial charge in [-0.3, -0.25) is 15.5 Å². The number of carboxylic acid groups (broad SMARTS) is 1. The molecule has 0 unspecified atom stereocenters. The average molecular weight is 590 g/mol. The fourth-order valence-electron chi connectivity index (χ4n) is 6.88. The molecule has 4 aliphatic rings. The molecular formula is C31H43N9O3. The molecule has 0 spiro atoms. The van der Waals surface area contributed by atoms with E-state index in [2.05, 4.69) is 44.9 Å². The van der Waals surface area contributed by atoms with E-state index >= 15 is 0 Å². The lowest BCUT2D eigenvalue weighted by Gasteiger charge is -2.41. The number of rotatable bonds is 8. The number of hydrogen-bond donors (Lipinski definition) is 4. The Morgan fingerprint density at radius 2 is 1.84 bits per heavy atom. The van der Waals surface area contributed by atoms with Crippen LogP contribution < -0.4 is 15.5 Å². The zero-order chi connectivity index (χ0) is 30.2. The van der Waals surface area contributed by atoms with Crippen molar-refractivity contribution in [2.24, 2.45) is 23.7 Å². The van der Waals surface area contributed by atoms with Crippen LogP contribution in [0.3, 0.4) is 0 Å². The molecule has 230 valence electrons. The number of aromatic nitrogens is 4. The van der Waals surface area contributed by atoms with Crippen LogP contribution in [0.5, 0.6) is 0 Å². The molecule has 2 aromatic rings. The maximum absolute atomic E-state index is 12.9. The Morgan fingerprint density at radius 1 is 1.09 bits per heavy atom. The van der Waals surface area contributed by atoms with Gasteiger partial charge in [0.05, 0.1) is 0 Å². The van der Waals surface area contributed by atoms with Gasteiger partial charge in [-0.05, 0) is 77.0 Å². The second-order valence-corrected chi connectivity index (χ2v) is 13.0. The molecule has 1 saturated heterocycles. The van der Waals surface area contributed by atoms with E-state index in [1.54, 1.807) is 0 Å². The number of nitrogens with zero attached hydrogens (tertiary/aromatic N) is 6. The van der Waals surface area contributed by atoms with Crippen molar-refractivity contribution in [1.29, 1.82) is 5.41 Å². The van der Waals surface area contributed by atoms with Crippen molar-refractivity contribution in [3.63, 3.8) is 0 Å². The summed E-state index contributed by atoms with van der Waals surface area (Å²) < 4.78 is 2.24. The van der Waals surface area contributed by atoms with Crippen LogP contribution >= 0.6 is 0 Å². The molecule has 0 bridgehead atoms. The Balaban J connectivity index is 1.40. The summed E-state index contributed by atoms with van der Waals surface area (Å²) >= 11 is 0. The van der Waals surface area contributed by atoms with Gasteiger partial charge in [-0.2, -0.15) is 4.98 Å². The van der Waals surface area contributed by atoms with Crippen LogP contribution in [0.25, 0.3) is 11.2 Å². The number of terminal acetylenes is 1. The van der Waals surface area contributed by atoms with E-state index in [1.807, 2.05) is 4.90 Å². The first-order valence-electron chi connectivity index (χ1n) is 15.9. The number of carbonyl (C=O) groups is 2. The van der Waals surface area contributed by atoms with Gasteiger partial charge in [0.15, 0.2) is 23.1 Å². The fourth-order valence-corrected chi connectivity index (χ4v) is 6.88. The molecule has 6 rings (SSSR count). The lowest BCUT2D eigenvalue weighted by atomic mass is 9.80. The summed E-state index contributed by atoms with van der Waals surface area (Å²) in [6.45, 7) is 6.96. The smallest absolute Gasteiger partial charge is 0.410 e. The Hall–Kier alpha value is -3.88. The minimum atomic E-state index is -1.34. The summed E-state index contributed by atoms with van der Waals surface area (Å²) in [5.74, 6) is 5.60. The normalized spacial score (nSPS) is 25.1. The number of nitrogens with one attached hydrogen (secondary N) is 3. The quantitative estimate of drug-likeness (QED) is 0.206.